The fraction of sp³-hybridized carbons (Fsp3) is 0.500. The second kappa shape index (κ2) is 8.69. The quantitative estimate of drug-likeness (QED) is 0.665. The van der Waals surface area contributed by atoms with Crippen LogP contribution in [0.4, 0.5) is 0 Å². The lowest BCUT2D eigenvalue weighted by Crippen LogP contribution is -2.26. The van der Waals surface area contributed by atoms with Crippen molar-refractivity contribution >= 4 is 11.6 Å². The monoisotopic (exact) mass is 366 g/mol. The molecule has 0 spiro atoms. The van der Waals surface area contributed by atoms with Crippen LogP contribution < -0.4 is 0 Å². The summed E-state index contributed by atoms with van der Waals surface area (Å²) in [6, 6.07) is 8.74. The van der Waals surface area contributed by atoms with Gasteiger partial charge in [0.05, 0.1) is 5.71 Å². The van der Waals surface area contributed by atoms with Crippen molar-refractivity contribution in [2.75, 3.05) is 13.6 Å². The maximum absolute atomic E-state index is 12.4. The van der Waals surface area contributed by atoms with Gasteiger partial charge in [-0.3, -0.25) is 9.79 Å². The highest BCUT2D eigenvalue weighted by Crippen LogP contribution is 2.26. The smallest absolute Gasteiger partial charge is 0.248 e. The van der Waals surface area contributed by atoms with Crippen LogP contribution in [-0.2, 0) is 10.2 Å². The van der Waals surface area contributed by atoms with Crippen LogP contribution >= 0.6 is 0 Å². The molecule has 2 rings (SSSR count). The van der Waals surface area contributed by atoms with Gasteiger partial charge in [0.2, 0.25) is 5.91 Å². The molecule has 0 atom stereocenters. The Morgan fingerprint density at radius 3 is 2.30 bits per heavy atom. The number of allylic oxidation sites excluding steroid dienone is 3. The van der Waals surface area contributed by atoms with Crippen molar-refractivity contribution < 1.29 is 4.79 Å². The Morgan fingerprint density at radius 1 is 1.11 bits per heavy atom. The molecular weight excluding hydrogens is 332 g/mol. The van der Waals surface area contributed by atoms with Crippen LogP contribution in [0.15, 0.2) is 52.2 Å². The van der Waals surface area contributed by atoms with Crippen LogP contribution in [0, 0.1) is 0 Å². The fourth-order valence-corrected chi connectivity index (χ4v) is 3.45. The molecule has 0 unspecified atom stereocenters. The number of likely N-dealkylation sites (N-methyl/N-ethyl adjacent to an activating group) is 1. The number of carbonyl (C=O) groups is 1. The summed E-state index contributed by atoms with van der Waals surface area (Å²) in [5.74, 6) is 0.0243. The van der Waals surface area contributed by atoms with Gasteiger partial charge < -0.3 is 4.90 Å². The molecule has 0 saturated carbocycles. The molecule has 1 amide bonds. The topological polar surface area (TPSA) is 32.7 Å². The maximum atomic E-state index is 12.4. The number of benzene rings is 1. The van der Waals surface area contributed by atoms with Crippen LogP contribution in [0.25, 0.3) is 0 Å². The Labute approximate surface area is 164 Å². The van der Waals surface area contributed by atoms with E-state index in [0.29, 0.717) is 0 Å². The standard InChI is InChI=1S/C24H34N2O/c1-8-21-17(2)10-9-15-26(7)22(27)16-18(3)25-23(21)19-11-13-20(14-12-19)24(4,5)6/h11-14,16H,8-10,15H2,1-7H3/b18-16+,21-17-,25-23-. The van der Waals surface area contributed by atoms with Gasteiger partial charge in [0.25, 0.3) is 0 Å². The first kappa shape index (κ1) is 21.1. The van der Waals surface area contributed by atoms with Crippen molar-refractivity contribution in [1.82, 2.24) is 4.90 Å². The van der Waals surface area contributed by atoms with Crippen molar-refractivity contribution in [3.8, 4) is 0 Å². The van der Waals surface area contributed by atoms with E-state index >= 15 is 0 Å². The van der Waals surface area contributed by atoms with Gasteiger partial charge in [-0.05, 0) is 49.7 Å². The van der Waals surface area contributed by atoms with Gasteiger partial charge in [-0.2, -0.15) is 0 Å². The van der Waals surface area contributed by atoms with Gasteiger partial charge in [0.15, 0.2) is 0 Å². The molecule has 0 fully saturated rings. The Balaban J connectivity index is 2.59. The molecule has 0 N–H and O–H groups in total. The van der Waals surface area contributed by atoms with E-state index in [1.807, 2.05) is 14.0 Å². The first-order valence-electron chi connectivity index (χ1n) is 9.95. The first-order valence-corrected chi connectivity index (χ1v) is 9.95. The Bertz CT molecular complexity index is 774. The normalized spacial score (nSPS) is 24.0. The van der Waals surface area contributed by atoms with E-state index < -0.39 is 0 Å². The minimum Gasteiger partial charge on any atom is -0.342 e. The zero-order valence-electron chi connectivity index (χ0n) is 18.0. The minimum atomic E-state index is 0.0243. The lowest BCUT2D eigenvalue weighted by atomic mass is 9.85. The summed E-state index contributed by atoms with van der Waals surface area (Å²) in [5, 5.41) is 0. The first-order chi connectivity index (χ1) is 12.6. The molecule has 0 aliphatic carbocycles. The van der Waals surface area contributed by atoms with E-state index in [1.54, 1.807) is 11.0 Å². The third-order valence-electron chi connectivity index (χ3n) is 5.22. The molecule has 1 aliphatic heterocycles. The number of nitrogens with zero attached hydrogens (tertiary/aromatic N) is 2. The lowest BCUT2D eigenvalue weighted by Gasteiger charge is -2.20. The molecular formula is C24H34N2O. The Morgan fingerprint density at radius 2 is 1.74 bits per heavy atom. The van der Waals surface area contributed by atoms with Gasteiger partial charge in [0, 0.05) is 30.9 Å². The van der Waals surface area contributed by atoms with Crippen molar-refractivity contribution in [3.05, 3.63) is 58.3 Å². The molecule has 0 radical (unpaired) electrons. The van der Waals surface area contributed by atoms with Gasteiger partial charge in [-0.25, -0.2) is 0 Å². The molecule has 1 aromatic carbocycles. The summed E-state index contributed by atoms with van der Waals surface area (Å²) in [5.41, 5.74) is 6.97. The zero-order chi connectivity index (χ0) is 20.2. The summed E-state index contributed by atoms with van der Waals surface area (Å²) in [6.45, 7) is 13.8. The molecule has 0 bridgehead atoms. The van der Waals surface area contributed by atoms with Gasteiger partial charge in [-0.15, -0.1) is 0 Å². The molecule has 3 heteroatoms. The molecule has 1 aromatic rings. The van der Waals surface area contributed by atoms with Gasteiger partial charge in [-0.1, -0.05) is 57.5 Å². The SMILES string of the molecule is CCC1=C(\C)CCCN(C)C(=O)/C=C(C)/N=C\1c1ccc(C(C)(C)C)cc1. The second-order valence-electron chi connectivity index (χ2n) is 8.55. The number of hydrogen-bond donors (Lipinski definition) is 0. The maximum Gasteiger partial charge on any atom is 0.248 e. The summed E-state index contributed by atoms with van der Waals surface area (Å²) in [4.78, 5) is 19.0. The summed E-state index contributed by atoms with van der Waals surface area (Å²) in [6.07, 6.45) is 4.54. The number of carbonyl (C=O) groups excluding carboxylic acids is 1. The molecule has 1 aliphatic rings. The largest absolute Gasteiger partial charge is 0.342 e. The van der Waals surface area contributed by atoms with E-state index in [4.69, 9.17) is 4.99 Å². The van der Waals surface area contributed by atoms with Crippen LogP contribution in [0.3, 0.4) is 0 Å². The molecule has 0 aromatic heterocycles. The minimum absolute atomic E-state index is 0.0243. The highest BCUT2D eigenvalue weighted by atomic mass is 16.2. The average Bonchev–Trinajstić information content (AvgIpc) is 2.61. The summed E-state index contributed by atoms with van der Waals surface area (Å²) < 4.78 is 0. The molecule has 146 valence electrons. The predicted molar refractivity (Wildman–Crippen MR) is 115 cm³/mol. The van der Waals surface area contributed by atoms with Crippen LogP contribution in [0.2, 0.25) is 0 Å². The third-order valence-corrected chi connectivity index (χ3v) is 5.22. The fourth-order valence-electron chi connectivity index (χ4n) is 3.45. The highest BCUT2D eigenvalue weighted by Gasteiger charge is 2.17. The number of rotatable bonds is 2. The Kier molecular flexibility index (Phi) is 6.80. The van der Waals surface area contributed by atoms with Crippen molar-refractivity contribution in [2.24, 2.45) is 4.99 Å². The molecule has 1 heterocycles. The van der Waals surface area contributed by atoms with Crippen molar-refractivity contribution in [1.29, 1.82) is 0 Å². The summed E-state index contributed by atoms with van der Waals surface area (Å²) in [7, 11) is 1.86. The molecule has 3 nitrogen and oxygen atoms in total. The molecule has 27 heavy (non-hydrogen) atoms. The Hall–Kier alpha value is -2.16. The number of hydrogen-bond acceptors (Lipinski definition) is 2. The molecule has 0 saturated heterocycles. The van der Waals surface area contributed by atoms with Crippen LogP contribution in [-0.4, -0.2) is 30.1 Å². The van der Waals surface area contributed by atoms with Gasteiger partial charge >= 0.3 is 0 Å². The lowest BCUT2D eigenvalue weighted by molar-refractivity contribution is -0.124. The van der Waals surface area contributed by atoms with E-state index in [2.05, 4.69) is 58.9 Å². The highest BCUT2D eigenvalue weighted by molar-refractivity contribution is 6.13. The van der Waals surface area contributed by atoms with E-state index in [-0.39, 0.29) is 11.3 Å². The van der Waals surface area contributed by atoms with Crippen LogP contribution in [0.1, 0.15) is 71.9 Å². The average molecular weight is 367 g/mol. The number of amides is 1. The van der Waals surface area contributed by atoms with E-state index in [1.165, 1.54) is 16.7 Å². The van der Waals surface area contributed by atoms with E-state index in [9.17, 15) is 4.79 Å². The van der Waals surface area contributed by atoms with Crippen molar-refractivity contribution in [3.63, 3.8) is 0 Å². The zero-order valence-corrected chi connectivity index (χ0v) is 18.0. The summed E-state index contributed by atoms with van der Waals surface area (Å²) >= 11 is 0. The second-order valence-corrected chi connectivity index (χ2v) is 8.55. The van der Waals surface area contributed by atoms with Crippen molar-refractivity contribution in [2.45, 2.75) is 66.2 Å². The predicted octanol–water partition coefficient (Wildman–Crippen LogP) is 5.66. The van der Waals surface area contributed by atoms with Gasteiger partial charge in [0.1, 0.15) is 0 Å². The number of aliphatic imine (C=N–C) groups is 1. The van der Waals surface area contributed by atoms with Crippen LogP contribution in [0.5, 0.6) is 0 Å². The third kappa shape index (κ3) is 5.41. The van der Waals surface area contributed by atoms with E-state index in [0.717, 1.165) is 42.8 Å².